The Morgan fingerprint density at radius 1 is 1.15 bits per heavy atom. The van der Waals surface area contributed by atoms with Crippen LogP contribution in [0.1, 0.15) is 18.1 Å². The molecule has 20 heavy (non-hydrogen) atoms. The highest BCUT2D eigenvalue weighted by molar-refractivity contribution is 6.65. The molecule has 1 aromatic carbocycles. The van der Waals surface area contributed by atoms with Crippen molar-refractivity contribution < 1.29 is 4.79 Å². The van der Waals surface area contributed by atoms with Crippen LogP contribution in [0, 0.1) is 0 Å². The van der Waals surface area contributed by atoms with Crippen molar-refractivity contribution in [3.63, 3.8) is 0 Å². The minimum atomic E-state index is -0.864. The smallest absolute Gasteiger partial charge is 0.232 e. The summed E-state index contributed by atoms with van der Waals surface area (Å²) in [5, 5.41) is 0.416. The number of carbonyl (C=O) groups excluding carboxylic acids is 1. The lowest BCUT2D eigenvalue weighted by molar-refractivity contribution is -0.116. The Labute approximate surface area is 132 Å². The molecule has 0 spiro atoms. The first-order valence-corrected chi connectivity index (χ1v) is 7.11. The van der Waals surface area contributed by atoms with Crippen LogP contribution in [0.2, 0.25) is 10.0 Å². The van der Waals surface area contributed by atoms with E-state index in [1.54, 1.807) is 37.5 Å². The molecule has 0 saturated heterocycles. The molecule has 1 atom stereocenters. The summed E-state index contributed by atoms with van der Waals surface area (Å²) in [6.07, 6.45) is 3.84. The fourth-order valence-corrected chi connectivity index (χ4v) is 2.51. The van der Waals surface area contributed by atoms with E-state index >= 15 is 0 Å². The second kappa shape index (κ2) is 6.13. The van der Waals surface area contributed by atoms with Crippen molar-refractivity contribution in [2.75, 3.05) is 0 Å². The number of aromatic nitrogens is 1. The molecule has 2 aromatic rings. The highest BCUT2D eigenvalue weighted by Gasteiger charge is 2.34. The maximum absolute atomic E-state index is 11.9. The quantitative estimate of drug-likeness (QED) is 0.764. The molecule has 1 aromatic heterocycles. The first kappa shape index (κ1) is 15.3. The minimum Gasteiger partial charge on any atom is -0.280 e. The molecule has 2 nitrogen and oxygen atoms in total. The number of carbonyl (C=O) groups is 1. The van der Waals surface area contributed by atoms with Gasteiger partial charge in [0, 0.05) is 12.4 Å². The largest absolute Gasteiger partial charge is 0.280 e. The Kier molecular flexibility index (Phi) is 4.69. The molecule has 0 saturated carbocycles. The van der Waals surface area contributed by atoms with Crippen LogP contribution in [-0.4, -0.2) is 10.2 Å². The van der Waals surface area contributed by atoms with Crippen molar-refractivity contribution in [3.05, 3.63) is 63.9 Å². The number of hydrogen-bond acceptors (Lipinski definition) is 2. The average molecular weight is 329 g/mol. The fourth-order valence-electron chi connectivity index (χ4n) is 2.03. The third-order valence-electron chi connectivity index (χ3n) is 3.30. The summed E-state index contributed by atoms with van der Waals surface area (Å²) in [5.74, 6) is 0. The monoisotopic (exact) mass is 327 g/mol. The summed E-state index contributed by atoms with van der Waals surface area (Å²) in [7, 11) is 0. The van der Waals surface area contributed by atoms with E-state index in [0.717, 1.165) is 11.1 Å². The third kappa shape index (κ3) is 3.14. The van der Waals surface area contributed by atoms with Crippen LogP contribution in [-0.2, 0) is 16.6 Å². The van der Waals surface area contributed by atoms with Crippen molar-refractivity contribution in [2.45, 2.75) is 18.8 Å². The van der Waals surface area contributed by atoms with Gasteiger partial charge in [-0.25, -0.2) is 0 Å². The Morgan fingerprint density at radius 2 is 1.80 bits per heavy atom. The number of hydrogen-bond donors (Lipinski definition) is 0. The van der Waals surface area contributed by atoms with Crippen LogP contribution in [0.4, 0.5) is 0 Å². The zero-order valence-corrected chi connectivity index (χ0v) is 13.0. The van der Waals surface area contributed by atoms with E-state index in [9.17, 15) is 4.79 Å². The van der Waals surface area contributed by atoms with Gasteiger partial charge in [-0.3, -0.25) is 9.78 Å². The van der Waals surface area contributed by atoms with E-state index < -0.39 is 10.7 Å². The predicted octanol–water partition coefficient (Wildman–Crippen LogP) is 4.65. The van der Waals surface area contributed by atoms with Crippen molar-refractivity contribution in [2.24, 2.45) is 0 Å². The maximum Gasteiger partial charge on any atom is 0.232 e. The van der Waals surface area contributed by atoms with Crippen LogP contribution in [0.15, 0.2) is 42.7 Å². The first-order valence-electron chi connectivity index (χ1n) is 5.98. The molecule has 0 bridgehead atoms. The van der Waals surface area contributed by atoms with Crippen LogP contribution in [0.3, 0.4) is 0 Å². The molecular weight excluding hydrogens is 317 g/mol. The highest BCUT2D eigenvalue weighted by Crippen LogP contribution is 2.34. The average Bonchev–Trinajstić information content (AvgIpc) is 2.42. The summed E-state index contributed by atoms with van der Waals surface area (Å²) < 4.78 is 0. The zero-order valence-electron chi connectivity index (χ0n) is 10.7. The van der Waals surface area contributed by atoms with E-state index in [1.165, 1.54) is 0 Å². The van der Waals surface area contributed by atoms with Gasteiger partial charge in [-0.15, -0.1) is 0 Å². The summed E-state index contributed by atoms with van der Waals surface area (Å²) in [5.41, 5.74) is 0.850. The van der Waals surface area contributed by atoms with Crippen molar-refractivity contribution in [3.8, 4) is 0 Å². The Hall–Kier alpha value is -1.09. The summed E-state index contributed by atoms with van der Waals surface area (Å²) >= 11 is 17.8. The summed E-state index contributed by atoms with van der Waals surface area (Å²) in [4.78, 5) is 15.9. The van der Waals surface area contributed by atoms with E-state index in [4.69, 9.17) is 34.8 Å². The van der Waals surface area contributed by atoms with Gasteiger partial charge in [0.25, 0.3) is 0 Å². The molecule has 1 unspecified atom stereocenters. The van der Waals surface area contributed by atoms with Gasteiger partial charge in [0.2, 0.25) is 5.24 Å². The molecule has 0 aliphatic carbocycles. The lowest BCUT2D eigenvalue weighted by Gasteiger charge is -2.26. The van der Waals surface area contributed by atoms with Crippen LogP contribution >= 0.6 is 34.8 Å². The minimum absolute atomic E-state index is 0.406. The van der Waals surface area contributed by atoms with Crippen molar-refractivity contribution in [1.82, 2.24) is 4.98 Å². The molecule has 0 aliphatic rings. The SMILES string of the molecule is CC(Cc1ccncc1)(C(=O)Cl)c1ccc(Cl)c(Cl)c1. The van der Waals surface area contributed by atoms with Crippen LogP contribution < -0.4 is 0 Å². The second-order valence-electron chi connectivity index (χ2n) is 4.77. The van der Waals surface area contributed by atoms with Gasteiger partial charge in [0.05, 0.1) is 15.5 Å². The Balaban J connectivity index is 2.43. The second-order valence-corrected chi connectivity index (χ2v) is 5.92. The molecule has 2 rings (SSSR count). The zero-order chi connectivity index (χ0) is 14.8. The molecule has 0 radical (unpaired) electrons. The number of benzene rings is 1. The van der Waals surface area contributed by atoms with Gasteiger partial charge in [0.1, 0.15) is 0 Å². The molecule has 5 heteroatoms. The summed E-state index contributed by atoms with van der Waals surface area (Å²) in [6, 6.07) is 8.84. The number of pyridine rings is 1. The van der Waals surface area contributed by atoms with Crippen molar-refractivity contribution in [1.29, 1.82) is 0 Å². The number of nitrogens with zero attached hydrogens (tertiary/aromatic N) is 1. The van der Waals surface area contributed by atoms with Gasteiger partial charge >= 0.3 is 0 Å². The molecular formula is C15H12Cl3NO. The topological polar surface area (TPSA) is 30.0 Å². The van der Waals surface area contributed by atoms with E-state index in [1.807, 2.05) is 12.1 Å². The molecule has 104 valence electrons. The van der Waals surface area contributed by atoms with Crippen LogP contribution in [0.5, 0.6) is 0 Å². The van der Waals surface area contributed by atoms with E-state index in [0.29, 0.717) is 16.5 Å². The highest BCUT2D eigenvalue weighted by atomic mass is 35.5. The fraction of sp³-hybridized carbons (Fsp3) is 0.200. The maximum atomic E-state index is 11.9. The Bertz CT molecular complexity index is 630. The number of halogens is 3. The normalized spacial score (nSPS) is 13.8. The summed E-state index contributed by atoms with van der Waals surface area (Å²) in [6.45, 7) is 1.79. The van der Waals surface area contributed by atoms with E-state index in [-0.39, 0.29) is 0 Å². The molecule has 0 fully saturated rings. The molecule has 1 heterocycles. The molecule has 0 aliphatic heterocycles. The first-order chi connectivity index (χ1) is 9.43. The van der Waals surface area contributed by atoms with Gasteiger partial charge < -0.3 is 0 Å². The number of rotatable bonds is 4. The van der Waals surface area contributed by atoms with Gasteiger partial charge in [-0.05, 0) is 60.3 Å². The van der Waals surface area contributed by atoms with Gasteiger partial charge in [-0.1, -0.05) is 29.3 Å². The van der Waals surface area contributed by atoms with Gasteiger partial charge in [0.15, 0.2) is 0 Å². The predicted molar refractivity (Wildman–Crippen MR) is 82.6 cm³/mol. The molecule has 0 amide bonds. The Morgan fingerprint density at radius 3 is 2.35 bits per heavy atom. The lowest BCUT2D eigenvalue weighted by atomic mass is 9.78. The third-order valence-corrected chi connectivity index (χ3v) is 4.45. The van der Waals surface area contributed by atoms with Crippen LogP contribution in [0.25, 0.3) is 0 Å². The van der Waals surface area contributed by atoms with Gasteiger partial charge in [-0.2, -0.15) is 0 Å². The lowest BCUT2D eigenvalue weighted by Crippen LogP contribution is -2.31. The molecule has 0 N–H and O–H groups in total. The standard InChI is InChI=1S/C15H12Cl3NO/c1-15(14(18)20,9-10-4-6-19-7-5-10)11-2-3-12(16)13(17)8-11/h2-8H,9H2,1H3. The van der Waals surface area contributed by atoms with E-state index in [2.05, 4.69) is 4.98 Å². The van der Waals surface area contributed by atoms with Crippen molar-refractivity contribution >= 4 is 40.0 Å².